The first-order valence-corrected chi connectivity index (χ1v) is 6.00. The number of morpholine rings is 1. The van der Waals surface area contributed by atoms with E-state index in [0.717, 1.165) is 0 Å². The molecule has 1 unspecified atom stereocenters. The number of carboxylic acid groups (broad SMARTS) is 1. The molecule has 1 atom stereocenters. The molecule has 1 aromatic carbocycles. The number of ether oxygens (including phenoxy) is 1. The van der Waals surface area contributed by atoms with Gasteiger partial charge in [0, 0.05) is 12.2 Å². The van der Waals surface area contributed by atoms with Crippen LogP contribution in [0.15, 0.2) is 24.3 Å². The Kier molecular flexibility index (Phi) is 4.17. The van der Waals surface area contributed by atoms with E-state index in [4.69, 9.17) is 15.1 Å². The van der Waals surface area contributed by atoms with Crippen LogP contribution < -0.4 is 5.32 Å². The smallest absolute Gasteiger partial charge is 0.335 e. The van der Waals surface area contributed by atoms with Crippen LogP contribution in [0.2, 0.25) is 0 Å². The van der Waals surface area contributed by atoms with Gasteiger partial charge in [-0.2, -0.15) is 5.26 Å². The van der Waals surface area contributed by atoms with Gasteiger partial charge in [-0.1, -0.05) is 6.07 Å². The zero-order valence-corrected chi connectivity index (χ0v) is 10.6. The molecule has 0 radical (unpaired) electrons. The molecule has 1 aromatic rings. The van der Waals surface area contributed by atoms with Crippen molar-refractivity contribution in [1.82, 2.24) is 4.90 Å². The monoisotopic (exact) mass is 275 g/mol. The molecular weight excluding hydrogens is 262 g/mol. The van der Waals surface area contributed by atoms with Crippen LogP contribution in [0.5, 0.6) is 0 Å². The third-order valence-corrected chi connectivity index (χ3v) is 2.86. The molecule has 0 aliphatic carbocycles. The van der Waals surface area contributed by atoms with Crippen molar-refractivity contribution in [1.29, 1.82) is 5.26 Å². The third kappa shape index (κ3) is 3.24. The summed E-state index contributed by atoms with van der Waals surface area (Å²) in [6.45, 7) is 0.893. The summed E-state index contributed by atoms with van der Waals surface area (Å²) in [7, 11) is 0. The van der Waals surface area contributed by atoms with Crippen LogP contribution in [0.25, 0.3) is 0 Å². The van der Waals surface area contributed by atoms with Crippen molar-refractivity contribution in [3.8, 4) is 6.07 Å². The largest absolute Gasteiger partial charge is 0.478 e. The maximum atomic E-state index is 12.0. The van der Waals surface area contributed by atoms with E-state index < -0.39 is 12.1 Å². The lowest BCUT2D eigenvalue weighted by Crippen LogP contribution is -2.46. The highest BCUT2D eigenvalue weighted by Crippen LogP contribution is 2.13. The minimum absolute atomic E-state index is 0.0969. The van der Waals surface area contributed by atoms with Gasteiger partial charge in [0.05, 0.1) is 24.8 Å². The van der Waals surface area contributed by atoms with Gasteiger partial charge < -0.3 is 20.1 Å². The lowest BCUT2D eigenvalue weighted by molar-refractivity contribution is 0.0181. The number of hydrogen-bond acceptors (Lipinski definition) is 4. The second kappa shape index (κ2) is 6.04. The number of carbonyl (C=O) groups excluding carboxylic acids is 1. The third-order valence-electron chi connectivity index (χ3n) is 2.86. The molecule has 2 rings (SSSR count). The van der Waals surface area contributed by atoms with Gasteiger partial charge in [0.2, 0.25) is 0 Å². The molecule has 1 fully saturated rings. The summed E-state index contributed by atoms with van der Waals surface area (Å²) in [4.78, 5) is 24.3. The molecule has 2 N–H and O–H groups in total. The summed E-state index contributed by atoms with van der Waals surface area (Å²) in [5, 5.41) is 20.3. The average Bonchev–Trinajstić information content (AvgIpc) is 2.47. The standard InChI is InChI=1S/C13H13N3O4/c14-7-11-8-16(4-5-20-11)13(19)15-10-3-1-2-9(6-10)12(17)18/h1-3,6,11H,4-5,8H2,(H,15,19)(H,17,18). The average molecular weight is 275 g/mol. The minimum atomic E-state index is -1.06. The Morgan fingerprint density at radius 3 is 3.00 bits per heavy atom. The number of amides is 2. The van der Waals surface area contributed by atoms with Crippen molar-refractivity contribution in [2.45, 2.75) is 6.10 Å². The maximum absolute atomic E-state index is 12.0. The lowest BCUT2D eigenvalue weighted by atomic mass is 10.2. The van der Waals surface area contributed by atoms with Crippen molar-refractivity contribution in [2.24, 2.45) is 0 Å². The van der Waals surface area contributed by atoms with Crippen LogP contribution in [-0.4, -0.2) is 47.8 Å². The van der Waals surface area contributed by atoms with Crippen LogP contribution in [-0.2, 0) is 4.74 Å². The van der Waals surface area contributed by atoms with E-state index in [0.29, 0.717) is 18.8 Å². The molecule has 1 aliphatic rings. The first-order chi connectivity index (χ1) is 9.60. The molecule has 20 heavy (non-hydrogen) atoms. The quantitative estimate of drug-likeness (QED) is 0.842. The number of nitrogens with zero attached hydrogens (tertiary/aromatic N) is 2. The molecule has 7 nitrogen and oxygen atoms in total. The van der Waals surface area contributed by atoms with E-state index in [1.165, 1.54) is 17.0 Å². The first-order valence-electron chi connectivity index (χ1n) is 6.00. The summed E-state index contributed by atoms with van der Waals surface area (Å²) in [5.74, 6) is -1.06. The van der Waals surface area contributed by atoms with Crippen molar-refractivity contribution < 1.29 is 19.4 Å². The van der Waals surface area contributed by atoms with E-state index in [9.17, 15) is 9.59 Å². The molecule has 104 valence electrons. The summed E-state index contributed by atoms with van der Waals surface area (Å²) >= 11 is 0. The zero-order valence-electron chi connectivity index (χ0n) is 10.6. The Hall–Kier alpha value is -2.59. The first kappa shape index (κ1) is 13.8. The summed E-state index contributed by atoms with van der Waals surface area (Å²) in [5.41, 5.74) is 0.495. The number of aromatic carboxylic acids is 1. The fourth-order valence-electron chi connectivity index (χ4n) is 1.84. The predicted octanol–water partition coefficient (Wildman–Crippen LogP) is 1.14. The van der Waals surface area contributed by atoms with Gasteiger partial charge in [-0.05, 0) is 18.2 Å². The second-order valence-corrected chi connectivity index (χ2v) is 4.25. The second-order valence-electron chi connectivity index (χ2n) is 4.25. The van der Waals surface area contributed by atoms with Crippen LogP contribution >= 0.6 is 0 Å². The van der Waals surface area contributed by atoms with Gasteiger partial charge in [-0.25, -0.2) is 9.59 Å². The summed E-state index contributed by atoms with van der Waals surface area (Å²) in [6.07, 6.45) is -0.625. The van der Waals surface area contributed by atoms with Crippen molar-refractivity contribution in [2.75, 3.05) is 25.0 Å². The number of carboxylic acids is 1. The SMILES string of the molecule is N#CC1CN(C(=O)Nc2cccc(C(=O)O)c2)CCO1. The number of nitrogens with one attached hydrogen (secondary N) is 1. The van der Waals surface area contributed by atoms with Crippen molar-refractivity contribution in [3.05, 3.63) is 29.8 Å². The van der Waals surface area contributed by atoms with Crippen LogP contribution in [0.4, 0.5) is 10.5 Å². The number of urea groups is 1. The van der Waals surface area contributed by atoms with Gasteiger partial charge in [0.15, 0.2) is 6.10 Å². The van der Waals surface area contributed by atoms with Gasteiger partial charge in [0.1, 0.15) is 0 Å². The van der Waals surface area contributed by atoms with E-state index in [-0.39, 0.29) is 18.1 Å². The zero-order chi connectivity index (χ0) is 14.5. The Morgan fingerprint density at radius 1 is 1.50 bits per heavy atom. The fourth-order valence-corrected chi connectivity index (χ4v) is 1.84. The van der Waals surface area contributed by atoms with Gasteiger partial charge >= 0.3 is 12.0 Å². The molecule has 1 heterocycles. The van der Waals surface area contributed by atoms with Crippen LogP contribution in [0.1, 0.15) is 10.4 Å². The highest BCUT2D eigenvalue weighted by molar-refractivity contribution is 5.93. The Bertz CT molecular complexity index is 567. The Balaban J connectivity index is 2.02. The summed E-state index contributed by atoms with van der Waals surface area (Å²) in [6, 6.07) is 7.55. The number of benzene rings is 1. The fraction of sp³-hybridized carbons (Fsp3) is 0.308. The molecule has 0 saturated carbocycles. The number of carbonyl (C=O) groups is 2. The summed E-state index contributed by atoms with van der Waals surface area (Å²) < 4.78 is 5.15. The number of rotatable bonds is 2. The highest BCUT2D eigenvalue weighted by atomic mass is 16.5. The van der Waals surface area contributed by atoms with Crippen LogP contribution in [0.3, 0.4) is 0 Å². The Labute approximate surface area is 115 Å². The maximum Gasteiger partial charge on any atom is 0.335 e. The van der Waals surface area contributed by atoms with E-state index in [1.807, 2.05) is 6.07 Å². The molecular formula is C13H13N3O4. The molecule has 1 aliphatic heterocycles. The lowest BCUT2D eigenvalue weighted by Gasteiger charge is -2.29. The van der Waals surface area contributed by atoms with Gasteiger partial charge in [-0.3, -0.25) is 0 Å². The molecule has 1 saturated heterocycles. The van der Waals surface area contributed by atoms with Gasteiger partial charge in [0.25, 0.3) is 0 Å². The highest BCUT2D eigenvalue weighted by Gasteiger charge is 2.24. The van der Waals surface area contributed by atoms with Crippen molar-refractivity contribution in [3.63, 3.8) is 0 Å². The predicted molar refractivity (Wildman–Crippen MR) is 69.3 cm³/mol. The molecule has 7 heteroatoms. The van der Waals surface area contributed by atoms with E-state index >= 15 is 0 Å². The molecule has 0 spiro atoms. The van der Waals surface area contributed by atoms with E-state index in [2.05, 4.69) is 5.32 Å². The van der Waals surface area contributed by atoms with E-state index in [1.54, 1.807) is 12.1 Å². The molecule has 0 aromatic heterocycles. The van der Waals surface area contributed by atoms with Crippen LogP contribution in [0, 0.1) is 11.3 Å². The molecule has 0 bridgehead atoms. The molecule has 2 amide bonds. The Morgan fingerprint density at radius 2 is 2.30 bits per heavy atom. The minimum Gasteiger partial charge on any atom is -0.478 e. The van der Waals surface area contributed by atoms with Crippen molar-refractivity contribution >= 4 is 17.7 Å². The normalized spacial score (nSPS) is 18.1. The number of hydrogen-bond donors (Lipinski definition) is 2. The number of anilines is 1. The van der Waals surface area contributed by atoms with Gasteiger partial charge in [-0.15, -0.1) is 0 Å². The topological polar surface area (TPSA) is 103 Å². The number of nitriles is 1.